The summed E-state index contributed by atoms with van der Waals surface area (Å²) >= 11 is 0. The molecule has 7 nitrogen and oxygen atoms in total. The molecule has 33 heavy (non-hydrogen) atoms. The van der Waals surface area contributed by atoms with Crippen LogP contribution in [0.15, 0.2) is 61.2 Å². The van der Waals surface area contributed by atoms with Crippen LogP contribution < -0.4 is 11.1 Å². The van der Waals surface area contributed by atoms with Crippen molar-refractivity contribution in [2.45, 2.75) is 32.4 Å². The molecule has 1 atom stereocenters. The Bertz CT molecular complexity index is 1140. The SMILES string of the molecule is C=C/C=C(\C)c1ccc(N)c(NC(=O)c2ccc(CN3CC(=O)N4CCCC4C3=O)cc2)c1. The highest BCUT2D eigenvalue weighted by molar-refractivity contribution is 6.06. The number of amides is 3. The average molecular weight is 445 g/mol. The molecule has 0 bridgehead atoms. The third-order valence-corrected chi connectivity index (χ3v) is 6.21. The number of anilines is 2. The van der Waals surface area contributed by atoms with Gasteiger partial charge in [-0.1, -0.05) is 36.9 Å². The summed E-state index contributed by atoms with van der Waals surface area (Å²) in [4.78, 5) is 41.1. The fourth-order valence-electron chi connectivity index (χ4n) is 4.36. The minimum atomic E-state index is -0.317. The van der Waals surface area contributed by atoms with Gasteiger partial charge in [0, 0.05) is 18.7 Å². The van der Waals surface area contributed by atoms with E-state index in [1.807, 2.05) is 37.3 Å². The number of nitrogens with zero attached hydrogens (tertiary/aromatic N) is 2. The highest BCUT2D eigenvalue weighted by Gasteiger charge is 2.41. The van der Waals surface area contributed by atoms with Gasteiger partial charge in [0.2, 0.25) is 11.8 Å². The van der Waals surface area contributed by atoms with Crippen molar-refractivity contribution in [1.82, 2.24) is 9.80 Å². The van der Waals surface area contributed by atoms with E-state index in [1.165, 1.54) is 0 Å². The molecule has 7 heteroatoms. The Kier molecular flexibility index (Phi) is 6.31. The van der Waals surface area contributed by atoms with E-state index < -0.39 is 0 Å². The molecule has 0 aliphatic carbocycles. The molecule has 0 saturated carbocycles. The number of nitrogen functional groups attached to an aromatic ring is 1. The summed E-state index contributed by atoms with van der Waals surface area (Å²) < 4.78 is 0. The van der Waals surface area contributed by atoms with E-state index in [0.29, 0.717) is 30.0 Å². The van der Waals surface area contributed by atoms with Crippen molar-refractivity contribution < 1.29 is 14.4 Å². The molecule has 4 rings (SSSR count). The molecule has 170 valence electrons. The Balaban J connectivity index is 1.43. The molecule has 2 saturated heterocycles. The Morgan fingerprint density at radius 1 is 1.18 bits per heavy atom. The van der Waals surface area contributed by atoms with Crippen molar-refractivity contribution in [2.75, 3.05) is 24.1 Å². The Morgan fingerprint density at radius 2 is 1.91 bits per heavy atom. The lowest BCUT2D eigenvalue weighted by atomic mass is 10.0. The van der Waals surface area contributed by atoms with Crippen molar-refractivity contribution in [3.8, 4) is 0 Å². The van der Waals surface area contributed by atoms with Gasteiger partial charge in [0.15, 0.2) is 0 Å². The first-order valence-corrected chi connectivity index (χ1v) is 11.0. The van der Waals surface area contributed by atoms with Crippen molar-refractivity contribution in [2.24, 2.45) is 0 Å². The molecule has 2 fully saturated rings. The second-order valence-electron chi connectivity index (χ2n) is 8.48. The molecular weight excluding hydrogens is 416 g/mol. The van der Waals surface area contributed by atoms with Crippen LogP contribution in [0.2, 0.25) is 0 Å². The van der Waals surface area contributed by atoms with E-state index in [2.05, 4.69) is 11.9 Å². The number of hydrogen-bond donors (Lipinski definition) is 2. The van der Waals surface area contributed by atoms with Crippen molar-refractivity contribution in [1.29, 1.82) is 0 Å². The van der Waals surface area contributed by atoms with Crippen LogP contribution in [0.25, 0.3) is 5.57 Å². The van der Waals surface area contributed by atoms with Crippen LogP contribution in [0.3, 0.4) is 0 Å². The van der Waals surface area contributed by atoms with Gasteiger partial charge in [-0.15, -0.1) is 0 Å². The van der Waals surface area contributed by atoms with Gasteiger partial charge >= 0.3 is 0 Å². The molecule has 2 aromatic rings. The van der Waals surface area contributed by atoms with Crippen molar-refractivity contribution >= 4 is 34.7 Å². The molecule has 3 amide bonds. The van der Waals surface area contributed by atoms with Gasteiger partial charge in [-0.05, 0) is 60.7 Å². The van der Waals surface area contributed by atoms with Crippen LogP contribution >= 0.6 is 0 Å². The smallest absolute Gasteiger partial charge is 0.255 e. The van der Waals surface area contributed by atoms with E-state index in [4.69, 9.17) is 5.73 Å². The fraction of sp³-hybridized carbons (Fsp3) is 0.269. The molecule has 0 spiro atoms. The zero-order chi connectivity index (χ0) is 23.5. The second-order valence-corrected chi connectivity index (χ2v) is 8.48. The molecule has 0 aromatic heterocycles. The first-order chi connectivity index (χ1) is 15.9. The number of rotatable bonds is 6. The Labute approximate surface area is 193 Å². The van der Waals surface area contributed by atoms with Gasteiger partial charge in [0.25, 0.3) is 5.91 Å². The number of fused-ring (bicyclic) bond motifs is 1. The maximum absolute atomic E-state index is 12.8. The third-order valence-electron chi connectivity index (χ3n) is 6.21. The monoisotopic (exact) mass is 444 g/mol. The molecule has 2 aliphatic heterocycles. The maximum atomic E-state index is 12.8. The third kappa shape index (κ3) is 4.67. The van der Waals surface area contributed by atoms with Gasteiger partial charge in [-0.3, -0.25) is 14.4 Å². The van der Waals surface area contributed by atoms with Crippen LogP contribution in [-0.4, -0.2) is 46.7 Å². The van der Waals surface area contributed by atoms with Crippen LogP contribution in [0.4, 0.5) is 11.4 Å². The van der Waals surface area contributed by atoms with Crippen molar-refractivity contribution in [3.05, 3.63) is 77.9 Å². The van der Waals surface area contributed by atoms with E-state index in [0.717, 1.165) is 29.5 Å². The summed E-state index contributed by atoms with van der Waals surface area (Å²) in [7, 11) is 0. The van der Waals surface area contributed by atoms with E-state index in [-0.39, 0.29) is 30.3 Å². The lowest BCUT2D eigenvalue weighted by molar-refractivity contribution is -0.154. The number of nitrogens with one attached hydrogen (secondary N) is 1. The summed E-state index contributed by atoms with van der Waals surface area (Å²) in [6, 6.07) is 12.2. The van der Waals surface area contributed by atoms with Gasteiger partial charge in [-0.25, -0.2) is 0 Å². The molecule has 2 aliphatic rings. The summed E-state index contributed by atoms with van der Waals surface area (Å²) in [5.74, 6) is -0.266. The minimum absolute atomic E-state index is 0.00470. The largest absolute Gasteiger partial charge is 0.397 e. The second kappa shape index (κ2) is 9.32. The molecule has 1 unspecified atom stereocenters. The minimum Gasteiger partial charge on any atom is -0.397 e. The standard InChI is InChI=1S/C26H28N4O3/c1-3-5-17(2)20-11-12-21(27)22(14-20)28-25(32)19-9-7-18(8-10-19)15-29-16-24(31)30-13-4-6-23(30)26(29)33/h3,5,7-12,14,23H,1,4,6,13,15-16,27H2,2H3,(H,28,32)/b17-5+. The number of allylic oxidation sites excluding steroid dienone is 3. The quantitative estimate of drug-likeness (QED) is 0.527. The predicted octanol–water partition coefficient (Wildman–Crippen LogP) is 3.44. The lowest BCUT2D eigenvalue weighted by Gasteiger charge is -2.36. The predicted molar refractivity (Wildman–Crippen MR) is 129 cm³/mol. The van der Waals surface area contributed by atoms with Crippen LogP contribution in [0.5, 0.6) is 0 Å². The number of carbonyl (C=O) groups excluding carboxylic acids is 3. The molecule has 2 aromatic carbocycles. The zero-order valence-electron chi connectivity index (χ0n) is 18.7. The van der Waals surface area contributed by atoms with Crippen LogP contribution in [0.1, 0.15) is 41.3 Å². The van der Waals surface area contributed by atoms with E-state index >= 15 is 0 Å². The van der Waals surface area contributed by atoms with Gasteiger partial charge in [-0.2, -0.15) is 0 Å². The summed E-state index contributed by atoms with van der Waals surface area (Å²) in [5, 5.41) is 2.87. The average Bonchev–Trinajstić information content (AvgIpc) is 3.30. The number of nitrogens with two attached hydrogens (primary N) is 1. The topological polar surface area (TPSA) is 95.7 Å². The highest BCUT2D eigenvalue weighted by atomic mass is 16.2. The van der Waals surface area contributed by atoms with Crippen LogP contribution in [0, 0.1) is 0 Å². The first kappa shape index (κ1) is 22.3. The normalized spacial score (nSPS) is 18.3. The number of piperazine rings is 1. The van der Waals surface area contributed by atoms with Crippen molar-refractivity contribution in [3.63, 3.8) is 0 Å². The number of carbonyl (C=O) groups is 3. The van der Waals surface area contributed by atoms with E-state index in [9.17, 15) is 14.4 Å². The molecule has 3 N–H and O–H groups in total. The van der Waals surface area contributed by atoms with Crippen LogP contribution in [-0.2, 0) is 16.1 Å². The fourth-order valence-corrected chi connectivity index (χ4v) is 4.36. The molecule has 2 heterocycles. The summed E-state index contributed by atoms with van der Waals surface area (Å²) in [5.41, 5.74) is 10.4. The summed E-state index contributed by atoms with van der Waals surface area (Å²) in [6.07, 6.45) is 5.20. The Hall–Kier alpha value is -3.87. The molecule has 0 radical (unpaired) electrons. The van der Waals surface area contributed by atoms with E-state index in [1.54, 1.807) is 34.1 Å². The first-order valence-electron chi connectivity index (χ1n) is 11.0. The Morgan fingerprint density at radius 3 is 2.64 bits per heavy atom. The molecular formula is C26H28N4O3. The number of benzene rings is 2. The zero-order valence-corrected chi connectivity index (χ0v) is 18.7. The highest BCUT2D eigenvalue weighted by Crippen LogP contribution is 2.26. The van der Waals surface area contributed by atoms with Gasteiger partial charge in [0.05, 0.1) is 11.4 Å². The number of hydrogen-bond acceptors (Lipinski definition) is 4. The van der Waals surface area contributed by atoms with Gasteiger partial charge in [0.1, 0.15) is 12.6 Å². The lowest BCUT2D eigenvalue weighted by Crippen LogP contribution is -2.56. The summed E-state index contributed by atoms with van der Waals surface area (Å²) in [6.45, 7) is 6.79. The maximum Gasteiger partial charge on any atom is 0.255 e. The van der Waals surface area contributed by atoms with Gasteiger partial charge < -0.3 is 20.9 Å².